The van der Waals surface area contributed by atoms with Crippen molar-refractivity contribution in [2.45, 2.75) is 17.9 Å². The van der Waals surface area contributed by atoms with Crippen molar-refractivity contribution in [2.24, 2.45) is 0 Å². The molecule has 4 aromatic carbocycles. The number of furan rings is 1. The third-order valence-corrected chi connectivity index (χ3v) is 7.35. The fourth-order valence-corrected chi connectivity index (χ4v) is 5.68. The fraction of sp³-hybridized carbons (Fsp3) is 0.100. The van der Waals surface area contributed by atoms with Gasteiger partial charge in [-0.3, -0.25) is 4.79 Å². The Balaban J connectivity index is 1.27. The van der Waals surface area contributed by atoms with Crippen molar-refractivity contribution in [2.75, 3.05) is 5.32 Å². The van der Waals surface area contributed by atoms with Crippen LogP contribution in [0.3, 0.4) is 0 Å². The highest BCUT2D eigenvalue weighted by Crippen LogP contribution is 2.38. The Bertz CT molecular complexity index is 1500. The second-order valence-corrected chi connectivity index (χ2v) is 9.53. The number of nitrogens with one attached hydrogen (secondary N) is 1. The third-order valence-electron chi connectivity index (χ3n) is 6.32. The number of hydrogen-bond acceptors (Lipinski definition) is 3. The van der Waals surface area contributed by atoms with Gasteiger partial charge in [-0.15, -0.1) is 0 Å². The fourth-order valence-electron chi connectivity index (χ4n) is 4.66. The Morgan fingerprint density at radius 1 is 0.794 bits per heavy atom. The lowest BCUT2D eigenvalue weighted by Gasteiger charge is -2.08. The van der Waals surface area contributed by atoms with E-state index in [0.29, 0.717) is 11.5 Å². The number of hydrogen-bond donors (Lipinski definition) is 1. The molecule has 0 fully saturated rings. The molecule has 4 heteroatoms. The number of carbonyl (C=O) groups excluding carboxylic acids is 1. The van der Waals surface area contributed by atoms with E-state index < -0.39 is 0 Å². The molecule has 166 valence electrons. The minimum absolute atomic E-state index is 0.210. The van der Waals surface area contributed by atoms with Gasteiger partial charge < -0.3 is 9.73 Å². The van der Waals surface area contributed by atoms with Gasteiger partial charge in [0.05, 0.1) is 0 Å². The van der Waals surface area contributed by atoms with Crippen LogP contribution < -0.4 is 5.32 Å². The van der Waals surface area contributed by atoms with Crippen LogP contribution in [0.2, 0.25) is 0 Å². The summed E-state index contributed by atoms with van der Waals surface area (Å²) in [6.45, 7) is 0. The molecule has 0 radical (unpaired) electrons. The van der Waals surface area contributed by atoms with Crippen molar-refractivity contribution in [3.05, 3.63) is 125 Å². The van der Waals surface area contributed by atoms with E-state index >= 15 is 0 Å². The van der Waals surface area contributed by atoms with E-state index in [9.17, 15) is 4.79 Å². The van der Waals surface area contributed by atoms with Crippen LogP contribution in [-0.4, -0.2) is 5.91 Å². The number of benzene rings is 4. The van der Waals surface area contributed by atoms with Crippen LogP contribution in [0.15, 0.2) is 101 Å². The smallest absolute Gasteiger partial charge is 0.291 e. The number of carbonyl (C=O) groups is 1. The maximum Gasteiger partial charge on any atom is 0.291 e. The standard InChI is InChI=1S/C30H23NO2S/c32-30(31-23-15-14-22-16-21-10-4-5-11-24(21)26(22)17-23)29-27(25-12-6-7-13-28(25)33-29)19-34-18-20-8-2-1-3-9-20/h1-15,17H,16,18-19H2,(H,31,32). The van der Waals surface area contributed by atoms with E-state index in [1.54, 1.807) is 11.8 Å². The molecule has 0 unspecified atom stereocenters. The van der Waals surface area contributed by atoms with Crippen molar-refractivity contribution >= 4 is 34.3 Å². The monoisotopic (exact) mass is 461 g/mol. The first kappa shape index (κ1) is 20.8. The summed E-state index contributed by atoms with van der Waals surface area (Å²) in [6.07, 6.45) is 0.937. The molecule has 6 rings (SSSR count). The molecule has 5 aromatic rings. The molecule has 1 heterocycles. The SMILES string of the molecule is O=C(Nc1ccc2c(c1)-c1ccccc1C2)c1oc2ccccc2c1CSCc1ccccc1. The van der Waals surface area contributed by atoms with Crippen LogP contribution in [0.5, 0.6) is 0 Å². The zero-order valence-electron chi connectivity index (χ0n) is 18.6. The molecule has 1 aliphatic rings. The highest BCUT2D eigenvalue weighted by Gasteiger charge is 2.22. The Morgan fingerprint density at radius 2 is 1.56 bits per heavy atom. The Hall–Kier alpha value is -3.76. The van der Waals surface area contributed by atoms with E-state index in [4.69, 9.17) is 4.42 Å². The minimum Gasteiger partial charge on any atom is -0.451 e. The van der Waals surface area contributed by atoms with Crippen LogP contribution in [0, 0.1) is 0 Å². The van der Waals surface area contributed by atoms with Crippen molar-refractivity contribution in [3.63, 3.8) is 0 Å². The zero-order chi connectivity index (χ0) is 22.9. The van der Waals surface area contributed by atoms with E-state index in [1.807, 2.05) is 36.4 Å². The van der Waals surface area contributed by atoms with Crippen LogP contribution >= 0.6 is 11.8 Å². The van der Waals surface area contributed by atoms with E-state index in [2.05, 4.69) is 66.0 Å². The van der Waals surface area contributed by atoms with Gasteiger partial charge in [-0.25, -0.2) is 0 Å². The maximum absolute atomic E-state index is 13.4. The molecule has 1 amide bonds. The Kier molecular flexibility index (Phi) is 5.44. The number of rotatable bonds is 6. The van der Waals surface area contributed by atoms with E-state index in [0.717, 1.165) is 34.4 Å². The average Bonchev–Trinajstić information content (AvgIpc) is 3.43. The first-order valence-corrected chi connectivity index (χ1v) is 12.6. The number of anilines is 1. The average molecular weight is 462 g/mol. The summed E-state index contributed by atoms with van der Waals surface area (Å²) < 4.78 is 6.06. The summed E-state index contributed by atoms with van der Waals surface area (Å²) in [5.74, 6) is 1.76. The van der Waals surface area contributed by atoms with Crippen LogP contribution in [0.25, 0.3) is 22.1 Å². The Morgan fingerprint density at radius 3 is 2.47 bits per heavy atom. The van der Waals surface area contributed by atoms with Gasteiger partial charge in [0, 0.05) is 28.1 Å². The molecular weight excluding hydrogens is 438 g/mol. The molecule has 0 saturated carbocycles. The molecule has 1 N–H and O–H groups in total. The molecule has 0 aliphatic heterocycles. The summed E-state index contributed by atoms with van der Waals surface area (Å²) in [5.41, 5.74) is 8.80. The lowest BCUT2D eigenvalue weighted by Crippen LogP contribution is -2.13. The predicted octanol–water partition coefficient (Wildman–Crippen LogP) is 7.69. The normalized spacial score (nSPS) is 11.9. The Labute approximate surface area is 202 Å². The largest absolute Gasteiger partial charge is 0.451 e. The second-order valence-electron chi connectivity index (χ2n) is 8.54. The minimum atomic E-state index is -0.210. The molecule has 0 bridgehead atoms. The summed E-state index contributed by atoms with van der Waals surface area (Å²) in [4.78, 5) is 13.4. The lowest BCUT2D eigenvalue weighted by atomic mass is 10.1. The third kappa shape index (κ3) is 3.91. The highest BCUT2D eigenvalue weighted by molar-refractivity contribution is 7.97. The predicted molar refractivity (Wildman–Crippen MR) is 140 cm³/mol. The first-order chi connectivity index (χ1) is 16.8. The lowest BCUT2D eigenvalue weighted by molar-refractivity contribution is 0.0998. The van der Waals surface area contributed by atoms with Gasteiger partial charge in [0.15, 0.2) is 5.76 Å². The number of amides is 1. The molecule has 1 aliphatic carbocycles. The van der Waals surface area contributed by atoms with Gasteiger partial charge in [-0.05, 0) is 52.4 Å². The van der Waals surface area contributed by atoms with Crippen molar-refractivity contribution in [1.29, 1.82) is 0 Å². The topological polar surface area (TPSA) is 42.2 Å². The van der Waals surface area contributed by atoms with Gasteiger partial charge >= 0.3 is 0 Å². The second kappa shape index (κ2) is 8.88. The molecule has 1 aromatic heterocycles. The molecular formula is C30H23NO2S. The van der Waals surface area contributed by atoms with E-state index in [-0.39, 0.29) is 5.91 Å². The molecule has 0 spiro atoms. The van der Waals surface area contributed by atoms with Gasteiger partial charge in [-0.2, -0.15) is 11.8 Å². The summed E-state index contributed by atoms with van der Waals surface area (Å²) in [7, 11) is 0. The van der Waals surface area contributed by atoms with Crippen LogP contribution in [0.4, 0.5) is 5.69 Å². The summed E-state index contributed by atoms with van der Waals surface area (Å²) >= 11 is 1.79. The molecule has 0 saturated heterocycles. The number of para-hydroxylation sites is 1. The molecule has 34 heavy (non-hydrogen) atoms. The summed E-state index contributed by atoms with van der Waals surface area (Å²) in [6, 6.07) is 32.9. The first-order valence-electron chi connectivity index (χ1n) is 11.4. The number of fused-ring (bicyclic) bond motifs is 4. The van der Waals surface area contributed by atoms with Crippen molar-refractivity contribution in [1.82, 2.24) is 0 Å². The van der Waals surface area contributed by atoms with Crippen LogP contribution in [-0.2, 0) is 17.9 Å². The van der Waals surface area contributed by atoms with Gasteiger partial charge in [-0.1, -0.05) is 78.9 Å². The highest BCUT2D eigenvalue weighted by atomic mass is 32.2. The maximum atomic E-state index is 13.4. The van der Waals surface area contributed by atoms with Crippen molar-refractivity contribution < 1.29 is 9.21 Å². The quantitative estimate of drug-likeness (QED) is 0.276. The van der Waals surface area contributed by atoms with Crippen molar-refractivity contribution in [3.8, 4) is 11.1 Å². The number of thioether (sulfide) groups is 1. The molecule has 3 nitrogen and oxygen atoms in total. The van der Waals surface area contributed by atoms with Gasteiger partial charge in [0.1, 0.15) is 5.58 Å². The summed E-state index contributed by atoms with van der Waals surface area (Å²) in [5, 5.41) is 4.08. The van der Waals surface area contributed by atoms with Crippen LogP contribution in [0.1, 0.15) is 32.8 Å². The van der Waals surface area contributed by atoms with Gasteiger partial charge in [0.2, 0.25) is 0 Å². The molecule has 0 atom stereocenters. The van der Waals surface area contributed by atoms with Gasteiger partial charge in [0.25, 0.3) is 5.91 Å². The van der Waals surface area contributed by atoms with E-state index in [1.165, 1.54) is 27.8 Å². The zero-order valence-corrected chi connectivity index (χ0v) is 19.4.